The van der Waals surface area contributed by atoms with Gasteiger partial charge in [-0.05, 0) is 24.1 Å². The molecule has 2 rings (SSSR count). The van der Waals surface area contributed by atoms with Crippen LogP contribution in [0.2, 0.25) is 0 Å². The summed E-state index contributed by atoms with van der Waals surface area (Å²) in [6.07, 6.45) is -2.01. The summed E-state index contributed by atoms with van der Waals surface area (Å²) in [6, 6.07) is 7.85. The summed E-state index contributed by atoms with van der Waals surface area (Å²) >= 11 is 0. The molecule has 1 aliphatic rings. The van der Waals surface area contributed by atoms with Crippen molar-refractivity contribution in [2.45, 2.75) is 44.2 Å². The first-order valence-corrected chi connectivity index (χ1v) is 6.87. The van der Waals surface area contributed by atoms with Gasteiger partial charge in [0, 0.05) is 12.0 Å². The van der Waals surface area contributed by atoms with Gasteiger partial charge < -0.3 is 20.1 Å². The van der Waals surface area contributed by atoms with Gasteiger partial charge in [-0.3, -0.25) is 0 Å². The van der Waals surface area contributed by atoms with Crippen LogP contribution in [0.1, 0.15) is 24.5 Å². The molecule has 0 bridgehead atoms. The SMILES string of the molecule is CCc1ccc(C#CC2OC(CO)CC(O)C2O)cc1. The molecule has 1 aromatic carbocycles. The van der Waals surface area contributed by atoms with Gasteiger partial charge in [-0.15, -0.1) is 0 Å². The van der Waals surface area contributed by atoms with Gasteiger partial charge in [0.15, 0.2) is 0 Å². The predicted octanol–water partition coefficient (Wildman–Crippen LogP) is 0.472. The van der Waals surface area contributed by atoms with Crippen LogP contribution in [-0.4, -0.2) is 46.3 Å². The molecule has 4 nitrogen and oxygen atoms in total. The largest absolute Gasteiger partial charge is 0.394 e. The van der Waals surface area contributed by atoms with E-state index in [1.54, 1.807) is 0 Å². The minimum Gasteiger partial charge on any atom is -0.394 e. The van der Waals surface area contributed by atoms with E-state index in [1.807, 2.05) is 24.3 Å². The van der Waals surface area contributed by atoms with Crippen molar-refractivity contribution in [3.63, 3.8) is 0 Å². The van der Waals surface area contributed by atoms with Crippen LogP contribution >= 0.6 is 0 Å². The monoisotopic (exact) mass is 276 g/mol. The first kappa shape index (κ1) is 15.0. The molecule has 108 valence electrons. The Labute approximate surface area is 119 Å². The number of hydrogen-bond acceptors (Lipinski definition) is 4. The van der Waals surface area contributed by atoms with Crippen molar-refractivity contribution in [2.24, 2.45) is 0 Å². The first-order valence-electron chi connectivity index (χ1n) is 6.87. The number of benzene rings is 1. The first-order chi connectivity index (χ1) is 9.63. The van der Waals surface area contributed by atoms with Crippen LogP contribution in [0.15, 0.2) is 24.3 Å². The Balaban J connectivity index is 2.09. The van der Waals surface area contributed by atoms with E-state index in [4.69, 9.17) is 9.84 Å². The molecule has 4 atom stereocenters. The third-order valence-electron chi connectivity index (χ3n) is 3.47. The summed E-state index contributed by atoms with van der Waals surface area (Å²) in [5.41, 5.74) is 2.07. The molecule has 0 saturated carbocycles. The van der Waals surface area contributed by atoms with E-state index in [-0.39, 0.29) is 13.0 Å². The van der Waals surface area contributed by atoms with E-state index < -0.39 is 24.4 Å². The summed E-state index contributed by atoms with van der Waals surface area (Å²) in [4.78, 5) is 0. The molecule has 1 saturated heterocycles. The lowest BCUT2D eigenvalue weighted by molar-refractivity contribution is -0.156. The van der Waals surface area contributed by atoms with Gasteiger partial charge in [0.2, 0.25) is 0 Å². The minimum absolute atomic E-state index is 0.187. The molecule has 4 unspecified atom stereocenters. The smallest absolute Gasteiger partial charge is 0.147 e. The highest BCUT2D eigenvalue weighted by atomic mass is 16.5. The Morgan fingerprint density at radius 1 is 1.25 bits per heavy atom. The average Bonchev–Trinajstić information content (AvgIpc) is 2.49. The summed E-state index contributed by atoms with van der Waals surface area (Å²) in [7, 11) is 0. The van der Waals surface area contributed by atoms with E-state index in [0.717, 1.165) is 12.0 Å². The summed E-state index contributed by atoms with van der Waals surface area (Å²) in [5, 5.41) is 28.6. The maximum absolute atomic E-state index is 9.85. The molecule has 0 radical (unpaired) electrons. The number of aryl methyl sites for hydroxylation is 1. The highest BCUT2D eigenvalue weighted by molar-refractivity contribution is 5.37. The van der Waals surface area contributed by atoms with Crippen LogP contribution in [-0.2, 0) is 11.2 Å². The Hall–Kier alpha value is -1.38. The van der Waals surface area contributed by atoms with E-state index in [2.05, 4.69) is 18.8 Å². The molecule has 1 aliphatic heterocycles. The number of rotatable bonds is 2. The number of aliphatic hydroxyl groups excluding tert-OH is 3. The fourth-order valence-corrected chi connectivity index (χ4v) is 2.17. The zero-order chi connectivity index (χ0) is 14.5. The summed E-state index contributed by atoms with van der Waals surface area (Å²) in [5.74, 6) is 5.76. The lowest BCUT2D eigenvalue weighted by Gasteiger charge is -2.33. The van der Waals surface area contributed by atoms with Crippen LogP contribution in [0.3, 0.4) is 0 Å². The highest BCUT2D eigenvalue weighted by Crippen LogP contribution is 2.19. The second kappa shape index (κ2) is 6.87. The average molecular weight is 276 g/mol. The maximum atomic E-state index is 9.85. The van der Waals surface area contributed by atoms with Crippen molar-refractivity contribution in [1.82, 2.24) is 0 Å². The molecule has 20 heavy (non-hydrogen) atoms. The third kappa shape index (κ3) is 3.59. The van der Waals surface area contributed by atoms with Crippen LogP contribution in [0.4, 0.5) is 0 Å². The fraction of sp³-hybridized carbons (Fsp3) is 0.500. The standard InChI is InChI=1S/C16H20O4/c1-2-11-3-5-12(6-4-11)7-8-15-16(19)14(18)9-13(10-17)20-15/h3-6,13-19H,2,9-10H2,1H3. The zero-order valence-corrected chi connectivity index (χ0v) is 11.5. The normalized spacial score (nSPS) is 29.6. The molecular weight excluding hydrogens is 256 g/mol. The van der Waals surface area contributed by atoms with Crippen molar-refractivity contribution in [2.75, 3.05) is 6.61 Å². The molecule has 0 aromatic heterocycles. The maximum Gasteiger partial charge on any atom is 0.147 e. The topological polar surface area (TPSA) is 69.9 Å². The number of hydrogen-bond donors (Lipinski definition) is 3. The molecule has 0 aliphatic carbocycles. The van der Waals surface area contributed by atoms with Gasteiger partial charge in [-0.2, -0.15) is 0 Å². The number of ether oxygens (including phenoxy) is 1. The Bertz CT molecular complexity index is 485. The molecule has 1 heterocycles. The third-order valence-corrected chi connectivity index (χ3v) is 3.47. The molecular formula is C16H20O4. The van der Waals surface area contributed by atoms with Gasteiger partial charge in [-0.1, -0.05) is 30.9 Å². The highest BCUT2D eigenvalue weighted by Gasteiger charge is 2.35. The van der Waals surface area contributed by atoms with E-state index in [9.17, 15) is 10.2 Å². The van der Waals surface area contributed by atoms with E-state index in [1.165, 1.54) is 5.56 Å². The summed E-state index contributed by atoms with van der Waals surface area (Å²) in [6.45, 7) is 1.90. The van der Waals surface area contributed by atoms with Gasteiger partial charge in [0.1, 0.15) is 12.2 Å². The minimum atomic E-state index is -1.04. The molecule has 3 N–H and O–H groups in total. The van der Waals surface area contributed by atoms with Crippen molar-refractivity contribution in [1.29, 1.82) is 0 Å². The van der Waals surface area contributed by atoms with Crippen molar-refractivity contribution >= 4 is 0 Å². The van der Waals surface area contributed by atoms with Crippen LogP contribution < -0.4 is 0 Å². The van der Waals surface area contributed by atoms with Crippen LogP contribution in [0.5, 0.6) is 0 Å². The van der Waals surface area contributed by atoms with Gasteiger partial charge >= 0.3 is 0 Å². The molecule has 1 fully saturated rings. The van der Waals surface area contributed by atoms with Crippen molar-refractivity contribution < 1.29 is 20.1 Å². The van der Waals surface area contributed by atoms with Gasteiger partial charge in [-0.25, -0.2) is 0 Å². The summed E-state index contributed by atoms with van der Waals surface area (Å²) < 4.78 is 5.45. The number of aliphatic hydroxyl groups is 3. The van der Waals surface area contributed by atoms with Gasteiger partial charge in [0.25, 0.3) is 0 Å². The second-order valence-electron chi connectivity index (χ2n) is 4.97. The lowest BCUT2D eigenvalue weighted by atomic mass is 9.98. The predicted molar refractivity (Wildman–Crippen MR) is 75.1 cm³/mol. The van der Waals surface area contributed by atoms with Crippen molar-refractivity contribution in [3.8, 4) is 11.8 Å². The van der Waals surface area contributed by atoms with E-state index in [0.29, 0.717) is 0 Å². The van der Waals surface area contributed by atoms with E-state index >= 15 is 0 Å². The lowest BCUT2D eigenvalue weighted by Crippen LogP contribution is -2.48. The van der Waals surface area contributed by atoms with Crippen LogP contribution in [0, 0.1) is 11.8 Å². The Morgan fingerprint density at radius 3 is 2.55 bits per heavy atom. The molecule has 4 heteroatoms. The molecule has 0 spiro atoms. The van der Waals surface area contributed by atoms with Crippen LogP contribution in [0.25, 0.3) is 0 Å². The second-order valence-corrected chi connectivity index (χ2v) is 4.97. The quantitative estimate of drug-likeness (QED) is 0.687. The Kier molecular flexibility index (Phi) is 5.16. The molecule has 1 aromatic rings. The Morgan fingerprint density at radius 2 is 1.95 bits per heavy atom. The molecule has 0 amide bonds. The van der Waals surface area contributed by atoms with Crippen molar-refractivity contribution in [3.05, 3.63) is 35.4 Å². The van der Waals surface area contributed by atoms with Gasteiger partial charge in [0.05, 0.1) is 18.8 Å². The fourth-order valence-electron chi connectivity index (χ4n) is 2.17. The zero-order valence-electron chi connectivity index (χ0n) is 11.5.